The number of hydrogen-bond donors (Lipinski definition) is 1. The van der Waals surface area contributed by atoms with Gasteiger partial charge in [0.25, 0.3) is 11.1 Å². The predicted molar refractivity (Wildman–Crippen MR) is 75.5 cm³/mol. The van der Waals surface area contributed by atoms with Crippen LogP contribution in [0.4, 0.5) is 0 Å². The minimum atomic E-state index is -0.243. The molecule has 0 radical (unpaired) electrons. The second-order valence-corrected chi connectivity index (χ2v) is 5.34. The maximum absolute atomic E-state index is 12.1. The Bertz CT molecular complexity index is 754. The lowest BCUT2D eigenvalue weighted by molar-refractivity contribution is 0.576. The average Bonchev–Trinajstić information content (AvgIpc) is 2.60. The lowest BCUT2D eigenvalue weighted by Crippen LogP contribution is -2.34. The Morgan fingerprint density at radius 3 is 2.37 bits per heavy atom. The van der Waals surface area contributed by atoms with Gasteiger partial charge in [0.15, 0.2) is 0 Å². The number of aryl methyl sites for hydroxylation is 2. The van der Waals surface area contributed by atoms with E-state index in [1.54, 1.807) is 25.6 Å². The van der Waals surface area contributed by atoms with Gasteiger partial charge in [0.2, 0.25) is 0 Å². The molecule has 19 heavy (non-hydrogen) atoms. The molecule has 0 aliphatic rings. The first kappa shape index (κ1) is 13.8. The summed E-state index contributed by atoms with van der Waals surface area (Å²) < 4.78 is 3.85. The van der Waals surface area contributed by atoms with E-state index in [-0.39, 0.29) is 17.7 Å². The zero-order valence-electron chi connectivity index (χ0n) is 11.2. The summed E-state index contributed by atoms with van der Waals surface area (Å²) in [5, 5.41) is 6.84. The Balaban J connectivity index is 2.57. The molecule has 2 heterocycles. The van der Waals surface area contributed by atoms with Gasteiger partial charge in [-0.15, -0.1) is 0 Å². The maximum Gasteiger partial charge on any atom is 0.268 e. The van der Waals surface area contributed by atoms with E-state index in [2.05, 4.69) is 26.1 Å². The Kier molecular flexibility index (Phi) is 3.49. The van der Waals surface area contributed by atoms with E-state index in [0.29, 0.717) is 11.1 Å². The molecular weight excluding hydrogens is 312 g/mol. The van der Waals surface area contributed by atoms with Crippen molar-refractivity contribution in [1.82, 2.24) is 19.6 Å². The molecule has 1 N–H and O–H groups in total. The number of rotatable bonds is 2. The molecular formula is C12H15BrN4O2. The van der Waals surface area contributed by atoms with E-state index >= 15 is 0 Å². The first-order valence-electron chi connectivity index (χ1n) is 5.81. The second-order valence-electron chi connectivity index (χ2n) is 4.55. The van der Waals surface area contributed by atoms with Crippen LogP contribution in [0.25, 0.3) is 0 Å². The van der Waals surface area contributed by atoms with Crippen molar-refractivity contribution in [2.75, 3.05) is 0 Å². The molecule has 0 saturated heterocycles. The van der Waals surface area contributed by atoms with Gasteiger partial charge in [-0.25, -0.2) is 4.68 Å². The number of H-pyrrole nitrogens is 1. The van der Waals surface area contributed by atoms with Crippen LogP contribution < -0.4 is 11.1 Å². The van der Waals surface area contributed by atoms with Gasteiger partial charge in [0, 0.05) is 18.2 Å². The molecule has 6 nitrogen and oxygen atoms in total. The number of hydrogen-bond acceptors (Lipinski definition) is 3. The predicted octanol–water partition coefficient (Wildman–Crippen LogP) is 1.01. The molecule has 0 aliphatic carbocycles. The Hall–Kier alpha value is -1.63. The molecule has 102 valence electrons. The van der Waals surface area contributed by atoms with Crippen LogP contribution in [0.5, 0.6) is 0 Å². The molecule has 2 aromatic rings. The van der Waals surface area contributed by atoms with E-state index in [1.165, 1.54) is 4.68 Å². The van der Waals surface area contributed by atoms with Gasteiger partial charge in [-0.2, -0.15) is 5.10 Å². The molecule has 0 atom stereocenters. The molecule has 0 aromatic carbocycles. The van der Waals surface area contributed by atoms with Gasteiger partial charge < -0.3 is 0 Å². The third kappa shape index (κ3) is 2.30. The normalized spacial score (nSPS) is 11.0. The molecule has 7 heteroatoms. The molecule has 0 spiro atoms. The lowest BCUT2D eigenvalue weighted by Gasteiger charge is -2.09. The smallest absolute Gasteiger partial charge is 0.268 e. The summed E-state index contributed by atoms with van der Waals surface area (Å²) in [6.07, 6.45) is 0. The highest BCUT2D eigenvalue weighted by Gasteiger charge is 2.14. The minimum absolute atomic E-state index is 0.192. The van der Waals surface area contributed by atoms with E-state index < -0.39 is 0 Å². The Labute approximate surface area is 118 Å². The molecule has 2 aromatic heterocycles. The van der Waals surface area contributed by atoms with Crippen molar-refractivity contribution in [3.05, 3.63) is 47.7 Å². The van der Waals surface area contributed by atoms with Gasteiger partial charge in [0.05, 0.1) is 22.4 Å². The van der Waals surface area contributed by atoms with Gasteiger partial charge in [0.1, 0.15) is 0 Å². The Morgan fingerprint density at radius 1 is 1.21 bits per heavy atom. The summed E-state index contributed by atoms with van der Waals surface area (Å²) in [4.78, 5) is 23.9. The van der Waals surface area contributed by atoms with Gasteiger partial charge in [-0.05, 0) is 36.7 Å². The highest BCUT2D eigenvalue weighted by molar-refractivity contribution is 9.10. The van der Waals surface area contributed by atoms with Gasteiger partial charge in [-0.1, -0.05) is 0 Å². The van der Waals surface area contributed by atoms with Crippen LogP contribution in [0.15, 0.2) is 14.1 Å². The van der Waals surface area contributed by atoms with Gasteiger partial charge in [-0.3, -0.25) is 19.4 Å². The number of nitrogens with one attached hydrogen (secondary N) is 1. The van der Waals surface area contributed by atoms with Crippen molar-refractivity contribution in [3.8, 4) is 0 Å². The van der Waals surface area contributed by atoms with E-state index in [0.717, 1.165) is 15.9 Å². The zero-order chi connectivity index (χ0) is 14.3. The second kappa shape index (κ2) is 4.80. The molecule has 0 fully saturated rings. The maximum atomic E-state index is 12.1. The summed E-state index contributed by atoms with van der Waals surface area (Å²) in [5.41, 5.74) is 2.17. The summed E-state index contributed by atoms with van der Waals surface area (Å²) in [6.45, 7) is 5.45. The highest BCUT2D eigenvalue weighted by Crippen LogP contribution is 2.20. The van der Waals surface area contributed by atoms with Crippen molar-refractivity contribution >= 4 is 15.9 Å². The van der Waals surface area contributed by atoms with Crippen molar-refractivity contribution in [2.24, 2.45) is 7.05 Å². The zero-order valence-corrected chi connectivity index (χ0v) is 12.8. The highest BCUT2D eigenvalue weighted by atomic mass is 79.9. The average molecular weight is 327 g/mol. The number of nitrogens with zero attached hydrogens (tertiary/aromatic N) is 3. The third-order valence-corrected chi connectivity index (χ3v) is 4.31. The number of aromatic amines is 1. The third-order valence-electron chi connectivity index (χ3n) is 3.28. The molecule has 0 saturated carbocycles. The van der Waals surface area contributed by atoms with Crippen molar-refractivity contribution < 1.29 is 0 Å². The SMILES string of the molecule is Cc1nn(C)c(Cn2[nH]c(=O)c(C)c(C)c2=O)c1Br. The number of aromatic nitrogens is 4. The Morgan fingerprint density at radius 2 is 1.84 bits per heavy atom. The monoisotopic (exact) mass is 326 g/mol. The first-order chi connectivity index (χ1) is 8.82. The van der Waals surface area contributed by atoms with Crippen LogP contribution in [-0.2, 0) is 13.6 Å². The summed E-state index contributed by atoms with van der Waals surface area (Å²) in [5.74, 6) is 0. The molecule has 0 aliphatic heterocycles. The van der Waals surface area contributed by atoms with E-state index in [4.69, 9.17) is 0 Å². The molecule has 0 unspecified atom stereocenters. The fourth-order valence-electron chi connectivity index (χ4n) is 1.90. The molecule has 2 rings (SSSR count). The van der Waals surface area contributed by atoms with Crippen LogP contribution in [0.2, 0.25) is 0 Å². The van der Waals surface area contributed by atoms with Crippen LogP contribution in [0, 0.1) is 20.8 Å². The van der Waals surface area contributed by atoms with Crippen molar-refractivity contribution in [2.45, 2.75) is 27.3 Å². The van der Waals surface area contributed by atoms with E-state index in [1.807, 2.05) is 6.92 Å². The summed E-state index contributed by atoms with van der Waals surface area (Å²) in [7, 11) is 1.80. The van der Waals surface area contributed by atoms with Crippen molar-refractivity contribution in [3.63, 3.8) is 0 Å². The topological polar surface area (TPSA) is 72.7 Å². The molecule has 0 amide bonds. The minimum Gasteiger partial charge on any atom is -0.269 e. The summed E-state index contributed by atoms with van der Waals surface area (Å²) >= 11 is 3.44. The van der Waals surface area contributed by atoms with Crippen LogP contribution in [0.3, 0.4) is 0 Å². The largest absolute Gasteiger partial charge is 0.269 e. The first-order valence-corrected chi connectivity index (χ1v) is 6.60. The number of halogens is 1. The van der Waals surface area contributed by atoms with Crippen LogP contribution in [0.1, 0.15) is 22.5 Å². The van der Waals surface area contributed by atoms with E-state index in [9.17, 15) is 9.59 Å². The summed E-state index contributed by atoms with van der Waals surface area (Å²) in [6, 6.07) is 0. The fourth-order valence-corrected chi connectivity index (χ4v) is 2.36. The quantitative estimate of drug-likeness (QED) is 0.895. The van der Waals surface area contributed by atoms with Gasteiger partial charge >= 0.3 is 0 Å². The standard InChI is InChI=1S/C12H15BrN4O2/c1-6-7(2)12(19)17(15-11(6)18)5-9-10(13)8(3)14-16(9)4/h5H2,1-4H3,(H,15,18). The van der Waals surface area contributed by atoms with Crippen LogP contribution in [-0.4, -0.2) is 19.6 Å². The lowest BCUT2D eigenvalue weighted by atomic mass is 10.2. The van der Waals surface area contributed by atoms with Crippen molar-refractivity contribution in [1.29, 1.82) is 0 Å². The molecule has 0 bridgehead atoms. The fraction of sp³-hybridized carbons (Fsp3) is 0.417. The van der Waals surface area contributed by atoms with Crippen LogP contribution >= 0.6 is 15.9 Å².